The molecule has 1 aliphatic rings. The fourth-order valence-corrected chi connectivity index (χ4v) is 2.55. The average molecular weight is 316 g/mol. The summed E-state index contributed by atoms with van der Waals surface area (Å²) in [5, 5.41) is 0. The minimum Gasteiger partial charge on any atom is -0.467 e. The Bertz CT molecular complexity index is 548. The van der Waals surface area contributed by atoms with Crippen LogP contribution in [0.25, 0.3) is 0 Å². The van der Waals surface area contributed by atoms with E-state index in [9.17, 15) is 22.8 Å². The van der Waals surface area contributed by atoms with Crippen molar-refractivity contribution in [1.29, 1.82) is 0 Å². The van der Waals surface area contributed by atoms with Crippen molar-refractivity contribution in [2.75, 3.05) is 7.11 Å². The highest BCUT2D eigenvalue weighted by atomic mass is 19.4. The third kappa shape index (κ3) is 3.37. The number of alkyl halides is 3. The van der Waals surface area contributed by atoms with Crippen LogP contribution in [0.5, 0.6) is 0 Å². The number of rotatable bonds is 4. The molecule has 120 valence electrons. The van der Waals surface area contributed by atoms with Gasteiger partial charge in [0.05, 0.1) is 7.11 Å². The van der Waals surface area contributed by atoms with E-state index in [0.717, 1.165) is 7.11 Å². The van der Waals surface area contributed by atoms with E-state index in [1.165, 1.54) is 12.3 Å². The van der Waals surface area contributed by atoms with Gasteiger partial charge in [0.1, 0.15) is 12.1 Å². The zero-order valence-corrected chi connectivity index (χ0v) is 11.8. The zero-order chi connectivity index (χ0) is 16.3. The van der Waals surface area contributed by atoms with Gasteiger partial charge in [-0.05, 0) is 18.6 Å². The number of nitrogens with zero attached hydrogens (tertiary/aromatic N) is 2. The van der Waals surface area contributed by atoms with Crippen molar-refractivity contribution in [3.05, 3.63) is 30.1 Å². The lowest BCUT2D eigenvalue weighted by molar-refractivity contribution is -0.194. The highest BCUT2D eigenvalue weighted by Crippen LogP contribution is 2.33. The lowest BCUT2D eigenvalue weighted by atomic mass is 10.1. The van der Waals surface area contributed by atoms with E-state index in [1.807, 2.05) is 0 Å². The standard InChI is InChI=1S/C14H15F3N2O3/c1-22-13(21)10-5-6-12(20)19(10)11(14(15,16)17)8-9-4-2-3-7-18-9/h2-4,7,10-11H,5-6,8H2,1H3. The average Bonchev–Trinajstić information content (AvgIpc) is 2.85. The van der Waals surface area contributed by atoms with Gasteiger partial charge in [-0.15, -0.1) is 0 Å². The topological polar surface area (TPSA) is 59.5 Å². The Balaban J connectivity index is 2.31. The minimum absolute atomic E-state index is 0.0281. The first-order chi connectivity index (χ1) is 10.3. The number of pyridine rings is 1. The van der Waals surface area contributed by atoms with E-state index in [-0.39, 0.29) is 18.5 Å². The Morgan fingerprint density at radius 1 is 1.50 bits per heavy atom. The molecule has 8 heteroatoms. The Hall–Kier alpha value is -2.12. The molecule has 1 saturated heterocycles. The van der Waals surface area contributed by atoms with Crippen LogP contribution in [0.15, 0.2) is 24.4 Å². The maximum atomic E-state index is 13.4. The summed E-state index contributed by atoms with van der Waals surface area (Å²) in [4.78, 5) is 28.0. The molecule has 0 N–H and O–H groups in total. The predicted molar refractivity (Wildman–Crippen MR) is 69.7 cm³/mol. The van der Waals surface area contributed by atoms with E-state index in [2.05, 4.69) is 9.72 Å². The molecule has 0 aromatic carbocycles. The summed E-state index contributed by atoms with van der Waals surface area (Å²) >= 11 is 0. The van der Waals surface area contributed by atoms with Crippen molar-refractivity contribution >= 4 is 11.9 Å². The van der Waals surface area contributed by atoms with E-state index in [0.29, 0.717) is 4.90 Å². The molecule has 2 unspecified atom stereocenters. The summed E-state index contributed by atoms with van der Waals surface area (Å²) in [5.74, 6) is -1.53. The van der Waals surface area contributed by atoms with Crippen LogP contribution in [-0.4, -0.2) is 47.1 Å². The number of aromatic nitrogens is 1. The molecule has 2 atom stereocenters. The Morgan fingerprint density at radius 2 is 2.23 bits per heavy atom. The number of carbonyl (C=O) groups excluding carboxylic acids is 2. The van der Waals surface area contributed by atoms with Crippen molar-refractivity contribution < 1.29 is 27.5 Å². The molecule has 2 rings (SSSR count). The maximum Gasteiger partial charge on any atom is 0.409 e. The van der Waals surface area contributed by atoms with Gasteiger partial charge < -0.3 is 9.64 Å². The van der Waals surface area contributed by atoms with Gasteiger partial charge in [0.15, 0.2) is 0 Å². The first-order valence-electron chi connectivity index (χ1n) is 6.70. The molecule has 5 nitrogen and oxygen atoms in total. The van der Waals surface area contributed by atoms with Crippen LogP contribution in [0.1, 0.15) is 18.5 Å². The van der Waals surface area contributed by atoms with Gasteiger partial charge in [-0.2, -0.15) is 13.2 Å². The van der Waals surface area contributed by atoms with Gasteiger partial charge in [-0.25, -0.2) is 4.79 Å². The van der Waals surface area contributed by atoms with Crippen molar-refractivity contribution in [1.82, 2.24) is 9.88 Å². The summed E-state index contributed by atoms with van der Waals surface area (Å²) in [6.07, 6.45) is -3.85. The van der Waals surface area contributed by atoms with Crippen molar-refractivity contribution in [3.63, 3.8) is 0 Å². The molecular formula is C14H15F3N2O3. The quantitative estimate of drug-likeness (QED) is 0.794. The number of amides is 1. The summed E-state index contributed by atoms with van der Waals surface area (Å²) in [7, 11) is 1.09. The number of halogens is 3. The molecule has 22 heavy (non-hydrogen) atoms. The highest BCUT2D eigenvalue weighted by molar-refractivity contribution is 5.88. The number of esters is 1. The van der Waals surface area contributed by atoms with Crippen LogP contribution >= 0.6 is 0 Å². The van der Waals surface area contributed by atoms with Crippen LogP contribution in [0.2, 0.25) is 0 Å². The monoisotopic (exact) mass is 316 g/mol. The minimum atomic E-state index is -4.66. The van der Waals surface area contributed by atoms with E-state index >= 15 is 0 Å². The molecule has 0 spiro atoms. The van der Waals surface area contributed by atoms with Crippen molar-refractivity contribution in [2.45, 2.75) is 37.5 Å². The van der Waals surface area contributed by atoms with E-state index in [1.54, 1.807) is 12.1 Å². The molecule has 0 aliphatic carbocycles. The number of hydrogen-bond acceptors (Lipinski definition) is 4. The first kappa shape index (κ1) is 16.3. The maximum absolute atomic E-state index is 13.4. The summed E-state index contributed by atoms with van der Waals surface area (Å²) in [6, 6.07) is 1.31. The number of ether oxygens (including phenoxy) is 1. The number of methoxy groups -OCH3 is 1. The first-order valence-corrected chi connectivity index (χ1v) is 6.70. The normalized spacial score (nSPS) is 20.1. The van der Waals surface area contributed by atoms with Gasteiger partial charge in [0, 0.05) is 24.7 Å². The van der Waals surface area contributed by atoms with Crippen LogP contribution in [0.4, 0.5) is 13.2 Å². The number of hydrogen-bond donors (Lipinski definition) is 0. The van der Waals surface area contributed by atoms with Crippen molar-refractivity contribution in [3.8, 4) is 0 Å². The molecule has 1 fully saturated rings. The molecule has 0 bridgehead atoms. The smallest absolute Gasteiger partial charge is 0.409 e. The Morgan fingerprint density at radius 3 is 2.77 bits per heavy atom. The van der Waals surface area contributed by atoms with Crippen LogP contribution < -0.4 is 0 Å². The fourth-order valence-electron chi connectivity index (χ4n) is 2.55. The molecule has 1 aromatic heterocycles. The van der Waals surface area contributed by atoms with Gasteiger partial charge in [0.25, 0.3) is 0 Å². The second-order valence-electron chi connectivity index (χ2n) is 4.96. The highest BCUT2D eigenvalue weighted by Gasteiger charge is 2.51. The van der Waals surface area contributed by atoms with Gasteiger partial charge in [0.2, 0.25) is 5.91 Å². The van der Waals surface area contributed by atoms with Crippen LogP contribution in [0.3, 0.4) is 0 Å². The summed E-state index contributed by atoms with van der Waals surface area (Å²) in [5.41, 5.74) is 0.202. The van der Waals surface area contributed by atoms with Gasteiger partial charge in [-0.3, -0.25) is 9.78 Å². The Kier molecular flexibility index (Phi) is 4.68. The lowest BCUT2D eigenvalue weighted by Crippen LogP contribution is -2.53. The second kappa shape index (κ2) is 6.33. The lowest BCUT2D eigenvalue weighted by Gasteiger charge is -2.33. The molecule has 0 saturated carbocycles. The van der Waals surface area contributed by atoms with Crippen molar-refractivity contribution in [2.24, 2.45) is 0 Å². The fraction of sp³-hybridized carbons (Fsp3) is 0.500. The molecule has 1 aliphatic heterocycles. The van der Waals surface area contributed by atoms with E-state index in [4.69, 9.17) is 0 Å². The molecule has 2 heterocycles. The largest absolute Gasteiger partial charge is 0.467 e. The zero-order valence-electron chi connectivity index (χ0n) is 11.8. The summed E-state index contributed by atoms with van der Waals surface area (Å²) in [6.45, 7) is 0. The molecule has 0 radical (unpaired) electrons. The molecule has 1 aromatic rings. The third-order valence-corrected chi connectivity index (χ3v) is 3.57. The summed E-state index contributed by atoms with van der Waals surface area (Å²) < 4.78 is 44.7. The molecular weight excluding hydrogens is 301 g/mol. The molecule has 1 amide bonds. The third-order valence-electron chi connectivity index (χ3n) is 3.57. The second-order valence-corrected chi connectivity index (χ2v) is 4.96. The van der Waals surface area contributed by atoms with E-state index < -0.39 is 36.6 Å². The predicted octanol–water partition coefficient (Wildman–Crippen LogP) is 1.72. The number of likely N-dealkylation sites (tertiary alicyclic amines) is 1. The SMILES string of the molecule is COC(=O)C1CCC(=O)N1C(Cc1ccccn1)C(F)(F)F. The van der Waals surface area contributed by atoms with Crippen LogP contribution in [-0.2, 0) is 20.7 Å². The number of carbonyl (C=O) groups is 2. The van der Waals surface area contributed by atoms with Gasteiger partial charge in [-0.1, -0.05) is 6.07 Å². The van der Waals surface area contributed by atoms with Gasteiger partial charge >= 0.3 is 12.1 Å². The Labute approximate surface area is 125 Å². The van der Waals surface area contributed by atoms with Crippen LogP contribution in [0, 0.1) is 0 Å².